The van der Waals surface area contributed by atoms with Crippen LogP contribution in [-0.2, 0) is 10.8 Å². The second-order valence-corrected chi connectivity index (χ2v) is 4.89. The monoisotopic (exact) mass is 212 g/mol. The Morgan fingerprint density at radius 2 is 2.00 bits per heavy atom. The first-order valence-corrected chi connectivity index (χ1v) is 6.23. The van der Waals surface area contributed by atoms with Crippen LogP contribution >= 0.6 is 0 Å². The molecule has 1 aromatic carbocycles. The maximum absolute atomic E-state index is 10.9. The smallest absolute Gasteiger partial charge is 0.0431 e. The molecule has 0 aliphatic rings. The molecule has 2 unspecified atom stereocenters. The molecular weight excluding hydrogens is 196 g/mol. The van der Waals surface area contributed by atoms with Crippen molar-refractivity contribution >= 4 is 22.2 Å². The molecule has 3 nitrogen and oxygen atoms in total. The van der Waals surface area contributed by atoms with E-state index in [9.17, 15) is 4.21 Å². The average molecular weight is 212 g/mol. The number of anilines is 2. The minimum Gasteiger partial charge on any atom is -0.399 e. The molecule has 4 heteroatoms. The van der Waals surface area contributed by atoms with Crippen LogP contribution in [0.2, 0.25) is 0 Å². The minimum atomic E-state index is -0.761. The third-order valence-corrected chi connectivity index (χ3v) is 2.78. The Hall–Kier alpha value is -1.03. The number of hydrogen-bond donors (Lipinski definition) is 2. The van der Waals surface area contributed by atoms with Crippen molar-refractivity contribution in [3.05, 3.63) is 24.3 Å². The summed E-state index contributed by atoms with van der Waals surface area (Å²) >= 11 is 0. The van der Waals surface area contributed by atoms with Gasteiger partial charge in [0, 0.05) is 40.2 Å². The summed E-state index contributed by atoms with van der Waals surface area (Å²) in [4.78, 5) is 0. The van der Waals surface area contributed by atoms with Crippen molar-refractivity contribution in [1.29, 1.82) is 0 Å². The van der Waals surface area contributed by atoms with Gasteiger partial charge in [0.25, 0.3) is 0 Å². The molecule has 0 aliphatic carbocycles. The fraction of sp³-hybridized carbons (Fsp3) is 0.400. The van der Waals surface area contributed by atoms with Gasteiger partial charge in [-0.05, 0) is 31.2 Å². The summed E-state index contributed by atoms with van der Waals surface area (Å²) in [5.74, 6) is 0.657. The first kappa shape index (κ1) is 11.0. The first-order chi connectivity index (χ1) is 6.58. The molecule has 3 N–H and O–H groups in total. The van der Waals surface area contributed by atoms with E-state index in [-0.39, 0.29) is 6.04 Å². The van der Waals surface area contributed by atoms with Crippen LogP contribution in [0.1, 0.15) is 6.92 Å². The molecule has 0 aromatic heterocycles. The number of rotatable bonds is 4. The lowest BCUT2D eigenvalue weighted by atomic mass is 10.2. The van der Waals surface area contributed by atoms with Crippen LogP contribution in [0.4, 0.5) is 11.4 Å². The van der Waals surface area contributed by atoms with E-state index in [4.69, 9.17) is 5.73 Å². The van der Waals surface area contributed by atoms with Crippen LogP contribution in [0, 0.1) is 0 Å². The summed E-state index contributed by atoms with van der Waals surface area (Å²) in [6.45, 7) is 2.01. The van der Waals surface area contributed by atoms with Crippen molar-refractivity contribution < 1.29 is 4.21 Å². The molecule has 0 amide bonds. The molecule has 0 spiro atoms. The van der Waals surface area contributed by atoms with Crippen molar-refractivity contribution in [2.45, 2.75) is 13.0 Å². The lowest BCUT2D eigenvalue weighted by Crippen LogP contribution is -2.22. The molecule has 0 heterocycles. The molecule has 1 aromatic rings. The Balaban J connectivity index is 2.51. The molecular formula is C10H16N2OS. The zero-order chi connectivity index (χ0) is 10.6. The van der Waals surface area contributed by atoms with Gasteiger partial charge in [-0.15, -0.1) is 0 Å². The lowest BCUT2D eigenvalue weighted by Gasteiger charge is -2.13. The van der Waals surface area contributed by atoms with Gasteiger partial charge < -0.3 is 11.1 Å². The molecule has 0 fully saturated rings. The quantitative estimate of drug-likeness (QED) is 0.743. The summed E-state index contributed by atoms with van der Waals surface area (Å²) in [7, 11) is -0.761. The second kappa shape index (κ2) is 5.00. The van der Waals surface area contributed by atoms with Gasteiger partial charge in [0.05, 0.1) is 0 Å². The largest absolute Gasteiger partial charge is 0.399 e. The van der Waals surface area contributed by atoms with Crippen molar-refractivity contribution in [1.82, 2.24) is 0 Å². The highest BCUT2D eigenvalue weighted by atomic mass is 32.2. The van der Waals surface area contributed by atoms with Crippen LogP contribution in [0.3, 0.4) is 0 Å². The van der Waals surface area contributed by atoms with Crippen LogP contribution in [0.5, 0.6) is 0 Å². The van der Waals surface area contributed by atoms with Gasteiger partial charge >= 0.3 is 0 Å². The second-order valence-electron chi connectivity index (χ2n) is 3.41. The maximum Gasteiger partial charge on any atom is 0.0431 e. The molecule has 0 radical (unpaired) electrons. The standard InChI is InChI=1S/C10H16N2OS/c1-8(7-14(2)13)12-10-5-3-9(11)4-6-10/h3-6,8,12H,7,11H2,1-2H3. The van der Waals surface area contributed by atoms with Crippen LogP contribution < -0.4 is 11.1 Å². The van der Waals surface area contributed by atoms with Crippen molar-refractivity contribution in [2.24, 2.45) is 0 Å². The maximum atomic E-state index is 10.9. The lowest BCUT2D eigenvalue weighted by molar-refractivity contribution is 0.683. The van der Waals surface area contributed by atoms with Gasteiger partial charge in [0.1, 0.15) is 0 Å². The minimum absolute atomic E-state index is 0.212. The van der Waals surface area contributed by atoms with E-state index < -0.39 is 10.8 Å². The van der Waals surface area contributed by atoms with Gasteiger partial charge in [-0.1, -0.05) is 0 Å². The molecule has 0 saturated carbocycles. The average Bonchev–Trinajstić information content (AvgIpc) is 2.07. The highest BCUT2D eigenvalue weighted by molar-refractivity contribution is 7.84. The van der Waals surface area contributed by atoms with Crippen molar-refractivity contribution in [3.8, 4) is 0 Å². The molecule has 0 aliphatic heterocycles. The Morgan fingerprint density at radius 1 is 1.43 bits per heavy atom. The van der Waals surface area contributed by atoms with E-state index in [1.165, 1.54) is 0 Å². The number of hydrogen-bond acceptors (Lipinski definition) is 3. The summed E-state index contributed by atoms with van der Waals surface area (Å²) < 4.78 is 10.9. The van der Waals surface area contributed by atoms with Crippen LogP contribution in [0.15, 0.2) is 24.3 Å². The Bertz CT molecular complexity index is 310. The van der Waals surface area contributed by atoms with Gasteiger partial charge in [-0.2, -0.15) is 0 Å². The number of benzene rings is 1. The number of nitrogens with two attached hydrogens (primary N) is 1. The Kier molecular flexibility index (Phi) is 3.95. The van der Waals surface area contributed by atoms with Gasteiger partial charge in [0.2, 0.25) is 0 Å². The Morgan fingerprint density at radius 3 is 2.50 bits per heavy atom. The predicted octanol–water partition coefficient (Wildman–Crippen LogP) is 1.45. The third kappa shape index (κ3) is 3.79. The first-order valence-electron chi connectivity index (χ1n) is 4.50. The molecule has 78 valence electrons. The number of nitrogen functional groups attached to an aromatic ring is 1. The third-order valence-electron chi connectivity index (χ3n) is 1.81. The number of nitrogens with one attached hydrogen (secondary N) is 1. The molecule has 0 saturated heterocycles. The fourth-order valence-corrected chi connectivity index (χ4v) is 2.05. The highest BCUT2D eigenvalue weighted by Crippen LogP contribution is 2.11. The molecule has 0 bridgehead atoms. The molecule has 1 rings (SSSR count). The predicted molar refractivity (Wildman–Crippen MR) is 62.9 cm³/mol. The Labute approximate surface area is 87.2 Å². The fourth-order valence-electron chi connectivity index (χ4n) is 1.26. The molecule has 2 atom stereocenters. The van der Waals surface area contributed by atoms with E-state index in [1.54, 1.807) is 6.26 Å². The summed E-state index contributed by atoms with van der Waals surface area (Å²) in [5.41, 5.74) is 7.33. The topological polar surface area (TPSA) is 55.1 Å². The SMILES string of the molecule is CC(CS(C)=O)Nc1ccc(N)cc1. The van der Waals surface area contributed by atoms with E-state index in [0.29, 0.717) is 5.75 Å². The van der Waals surface area contributed by atoms with Crippen LogP contribution in [0.25, 0.3) is 0 Å². The zero-order valence-electron chi connectivity index (χ0n) is 8.49. The van der Waals surface area contributed by atoms with E-state index in [0.717, 1.165) is 11.4 Å². The summed E-state index contributed by atoms with van der Waals surface area (Å²) in [6, 6.07) is 7.74. The summed E-state index contributed by atoms with van der Waals surface area (Å²) in [5, 5.41) is 3.25. The van der Waals surface area contributed by atoms with Crippen molar-refractivity contribution in [3.63, 3.8) is 0 Å². The van der Waals surface area contributed by atoms with Gasteiger partial charge in [-0.3, -0.25) is 4.21 Å². The summed E-state index contributed by atoms with van der Waals surface area (Å²) in [6.07, 6.45) is 1.71. The van der Waals surface area contributed by atoms with E-state index in [1.807, 2.05) is 31.2 Å². The normalized spacial score (nSPS) is 14.7. The van der Waals surface area contributed by atoms with Gasteiger partial charge in [-0.25, -0.2) is 0 Å². The van der Waals surface area contributed by atoms with E-state index in [2.05, 4.69) is 5.32 Å². The zero-order valence-corrected chi connectivity index (χ0v) is 9.30. The van der Waals surface area contributed by atoms with Crippen molar-refractivity contribution in [2.75, 3.05) is 23.1 Å². The van der Waals surface area contributed by atoms with Gasteiger partial charge in [0.15, 0.2) is 0 Å². The highest BCUT2D eigenvalue weighted by Gasteiger charge is 2.03. The molecule has 14 heavy (non-hydrogen) atoms. The van der Waals surface area contributed by atoms with E-state index >= 15 is 0 Å². The van der Waals surface area contributed by atoms with Crippen LogP contribution in [-0.4, -0.2) is 22.3 Å².